The highest BCUT2D eigenvalue weighted by Gasteiger charge is 2.39. The van der Waals surface area contributed by atoms with Gasteiger partial charge in [-0.15, -0.1) is 0 Å². The number of imidazole rings is 1. The van der Waals surface area contributed by atoms with E-state index in [1.807, 2.05) is 6.07 Å². The second-order valence-electron chi connectivity index (χ2n) is 7.75. The summed E-state index contributed by atoms with van der Waals surface area (Å²) in [5, 5.41) is 26.8. The van der Waals surface area contributed by atoms with Crippen LogP contribution in [0.5, 0.6) is 0 Å². The molecule has 3 aromatic heterocycles. The molecule has 0 saturated carbocycles. The van der Waals surface area contributed by atoms with Crippen LogP contribution in [0.1, 0.15) is 5.56 Å². The van der Waals surface area contributed by atoms with Crippen molar-refractivity contribution in [2.75, 3.05) is 5.32 Å². The molecule has 1 aromatic carbocycles. The van der Waals surface area contributed by atoms with Crippen LogP contribution >= 0.6 is 0 Å². The number of anilines is 2. The van der Waals surface area contributed by atoms with Gasteiger partial charge in [-0.05, 0) is 30.3 Å². The lowest BCUT2D eigenvalue weighted by Gasteiger charge is -2.08. The SMILES string of the molecule is N#Cc1c(F)ccc(F)c1-c1nc2c([nH]1)-c1ccncc1Nc1ncccc1-2.O=C(O)C(F)(F)F.O=C(O)C(F)(F)F. The van der Waals surface area contributed by atoms with Crippen LogP contribution in [0, 0.1) is 23.0 Å². The Kier molecular flexibility index (Phi) is 8.74. The lowest BCUT2D eigenvalue weighted by molar-refractivity contribution is -0.193. The highest BCUT2D eigenvalue weighted by atomic mass is 19.4. The van der Waals surface area contributed by atoms with E-state index in [0.717, 1.165) is 17.7 Å². The van der Waals surface area contributed by atoms with Gasteiger partial charge in [0.05, 0.1) is 23.1 Å². The van der Waals surface area contributed by atoms with E-state index in [0.29, 0.717) is 28.5 Å². The van der Waals surface area contributed by atoms with E-state index in [9.17, 15) is 40.4 Å². The zero-order valence-corrected chi connectivity index (χ0v) is 20.1. The van der Waals surface area contributed by atoms with Gasteiger partial charge in [-0.3, -0.25) is 4.98 Å². The first-order valence-corrected chi connectivity index (χ1v) is 10.8. The predicted octanol–water partition coefficient (Wildman–Crippen LogP) is 5.67. The van der Waals surface area contributed by atoms with Gasteiger partial charge in [-0.25, -0.2) is 28.3 Å². The fraction of sp³-hybridized carbons (Fsp3) is 0.0833. The van der Waals surface area contributed by atoms with Gasteiger partial charge in [0.25, 0.3) is 0 Å². The molecule has 42 heavy (non-hydrogen) atoms. The van der Waals surface area contributed by atoms with E-state index in [-0.39, 0.29) is 11.4 Å². The van der Waals surface area contributed by atoms with Crippen molar-refractivity contribution < 1.29 is 54.9 Å². The Hall–Kier alpha value is -5.60. The lowest BCUT2D eigenvalue weighted by Crippen LogP contribution is -2.21. The van der Waals surface area contributed by atoms with Crippen molar-refractivity contribution in [2.45, 2.75) is 12.4 Å². The summed E-state index contributed by atoms with van der Waals surface area (Å²) in [6, 6.07) is 9.00. The van der Waals surface area contributed by atoms with Crippen molar-refractivity contribution in [1.82, 2.24) is 19.9 Å². The summed E-state index contributed by atoms with van der Waals surface area (Å²) in [5.41, 5.74) is 2.63. The molecule has 0 radical (unpaired) electrons. The first kappa shape index (κ1) is 30.9. The van der Waals surface area contributed by atoms with E-state index in [1.165, 1.54) is 0 Å². The van der Waals surface area contributed by atoms with Gasteiger partial charge in [-0.2, -0.15) is 31.6 Å². The number of nitriles is 1. The third-order valence-electron chi connectivity index (χ3n) is 5.05. The fourth-order valence-electron chi connectivity index (χ4n) is 3.31. The number of aromatic nitrogens is 4. The minimum Gasteiger partial charge on any atom is -0.475 e. The van der Waals surface area contributed by atoms with Crippen LogP contribution in [-0.4, -0.2) is 54.4 Å². The highest BCUT2D eigenvalue weighted by Crippen LogP contribution is 2.43. The number of benzene rings is 1. The molecule has 0 fully saturated rings. The Morgan fingerprint density at radius 1 is 0.881 bits per heavy atom. The van der Waals surface area contributed by atoms with E-state index < -0.39 is 41.5 Å². The van der Waals surface area contributed by atoms with Crippen LogP contribution in [0.25, 0.3) is 33.9 Å². The van der Waals surface area contributed by atoms with E-state index in [2.05, 4.69) is 25.3 Å². The quantitative estimate of drug-likeness (QED) is 0.177. The molecule has 0 aliphatic carbocycles. The van der Waals surface area contributed by atoms with Gasteiger partial charge in [-0.1, -0.05) is 0 Å². The maximum atomic E-state index is 14.5. The van der Waals surface area contributed by atoms with Crippen molar-refractivity contribution in [3.63, 3.8) is 0 Å². The standard InChI is InChI=1S/C20H10F2N6.2C2HF3O2/c21-13-3-4-14(22)16(12(13)8-23)20-27-17-10-5-7-24-9-15(10)26-19-11(18(17)28-20)2-1-6-25-19;2*3-2(4,5)1(6)7/h1-7,9H,(H,25,26)(H,27,28);2*(H,6,7). The summed E-state index contributed by atoms with van der Waals surface area (Å²) < 4.78 is 92.1. The van der Waals surface area contributed by atoms with Crippen molar-refractivity contribution >= 4 is 23.4 Å². The van der Waals surface area contributed by atoms with Gasteiger partial charge < -0.3 is 20.5 Å². The number of nitrogens with zero attached hydrogens (tertiary/aromatic N) is 4. The third kappa shape index (κ3) is 6.75. The van der Waals surface area contributed by atoms with Gasteiger partial charge in [0.15, 0.2) is 0 Å². The summed E-state index contributed by atoms with van der Waals surface area (Å²) in [7, 11) is 0. The van der Waals surface area contributed by atoms with Crippen LogP contribution in [-0.2, 0) is 9.59 Å². The first-order valence-electron chi connectivity index (χ1n) is 10.8. The van der Waals surface area contributed by atoms with Gasteiger partial charge in [0, 0.05) is 23.5 Å². The Balaban J connectivity index is 0.000000289. The highest BCUT2D eigenvalue weighted by molar-refractivity contribution is 5.95. The van der Waals surface area contributed by atoms with E-state index >= 15 is 0 Å². The second kappa shape index (κ2) is 11.9. The molecule has 18 heteroatoms. The summed E-state index contributed by atoms with van der Waals surface area (Å²) in [5.74, 6) is -6.42. The summed E-state index contributed by atoms with van der Waals surface area (Å²) >= 11 is 0. The molecule has 0 unspecified atom stereocenters. The number of hydrogen-bond donors (Lipinski definition) is 4. The smallest absolute Gasteiger partial charge is 0.475 e. The lowest BCUT2D eigenvalue weighted by atomic mass is 10.1. The number of aromatic amines is 1. The molecule has 218 valence electrons. The Morgan fingerprint density at radius 2 is 1.48 bits per heavy atom. The molecule has 0 spiro atoms. The van der Waals surface area contributed by atoms with Gasteiger partial charge >= 0.3 is 24.3 Å². The van der Waals surface area contributed by atoms with Gasteiger partial charge in [0.1, 0.15) is 40.6 Å². The first-order chi connectivity index (χ1) is 19.6. The molecule has 0 saturated heterocycles. The maximum Gasteiger partial charge on any atom is 0.490 e. The van der Waals surface area contributed by atoms with Crippen molar-refractivity contribution in [2.24, 2.45) is 0 Å². The number of nitrogens with one attached hydrogen (secondary N) is 2. The van der Waals surface area contributed by atoms with Crippen molar-refractivity contribution in [3.8, 4) is 40.0 Å². The third-order valence-corrected chi connectivity index (χ3v) is 5.05. The summed E-state index contributed by atoms with van der Waals surface area (Å²) in [6.07, 6.45) is -5.26. The van der Waals surface area contributed by atoms with Crippen LogP contribution < -0.4 is 5.32 Å². The number of carboxylic acids is 2. The summed E-state index contributed by atoms with van der Waals surface area (Å²) in [4.78, 5) is 33.8. The Labute approximate surface area is 227 Å². The number of pyridine rings is 2. The normalized spacial score (nSPS) is 11.4. The molecule has 5 rings (SSSR count). The van der Waals surface area contributed by atoms with Crippen LogP contribution in [0.3, 0.4) is 0 Å². The van der Waals surface area contributed by atoms with Crippen molar-refractivity contribution in [3.05, 3.63) is 66.1 Å². The molecular weight excluding hydrogens is 588 g/mol. The molecule has 10 nitrogen and oxygen atoms in total. The number of alkyl halides is 6. The number of halogens is 8. The van der Waals surface area contributed by atoms with E-state index in [1.54, 1.807) is 36.8 Å². The number of hydrogen-bond acceptors (Lipinski definition) is 7. The molecule has 1 aliphatic heterocycles. The van der Waals surface area contributed by atoms with Crippen molar-refractivity contribution in [1.29, 1.82) is 5.26 Å². The average molecular weight is 600 g/mol. The number of carbonyl (C=O) groups is 2. The number of rotatable bonds is 1. The largest absolute Gasteiger partial charge is 0.490 e. The number of carboxylic acid groups (broad SMARTS) is 2. The molecule has 0 amide bonds. The van der Waals surface area contributed by atoms with Crippen LogP contribution in [0.2, 0.25) is 0 Å². The number of fused-ring (bicyclic) bond motifs is 5. The molecule has 0 atom stereocenters. The minimum absolute atomic E-state index is 0.0676. The Morgan fingerprint density at radius 3 is 2.05 bits per heavy atom. The predicted molar refractivity (Wildman–Crippen MR) is 126 cm³/mol. The topological polar surface area (TPSA) is 165 Å². The average Bonchev–Trinajstić information content (AvgIpc) is 3.29. The van der Waals surface area contributed by atoms with E-state index in [4.69, 9.17) is 19.8 Å². The zero-order valence-electron chi connectivity index (χ0n) is 20.1. The zero-order chi connectivity index (χ0) is 31.4. The monoisotopic (exact) mass is 600 g/mol. The molecule has 0 bridgehead atoms. The molecular formula is C24H12F8N6O4. The van der Waals surface area contributed by atoms with Crippen LogP contribution in [0.15, 0.2) is 48.9 Å². The molecule has 4 aromatic rings. The Bertz CT molecular complexity index is 1610. The number of H-pyrrole nitrogens is 1. The minimum atomic E-state index is -5.08. The van der Waals surface area contributed by atoms with Crippen LogP contribution in [0.4, 0.5) is 46.6 Å². The van der Waals surface area contributed by atoms with Gasteiger partial charge in [0.2, 0.25) is 0 Å². The summed E-state index contributed by atoms with van der Waals surface area (Å²) in [6.45, 7) is 0. The fourth-order valence-corrected chi connectivity index (χ4v) is 3.31. The second-order valence-corrected chi connectivity index (χ2v) is 7.75. The molecule has 4 N–H and O–H groups in total. The maximum absolute atomic E-state index is 14.5. The molecule has 1 aliphatic rings. The number of aliphatic carboxylic acids is 2. The molecule has 4 heterocycles.